The number of thioether (sulfide) groups is 1. The Morgan fingerprint density at radius 3 is 2.42 bits per heavy atom. The Balaban J connectivity index is 0.00000338. The highest BCUT2D eigenvalue weighted by Crippen LogP contribution is 2.17. The van der Waals surface area contributed by atoms with Crippen molar-refractivity contribution in [3.63, 3.8) is 0 Å². The molecule has 0 aliphatic rings. The number of nitrogens with one attached hydrogen (secondary N) is 2. The smallest absolute Gasteiger partial charge is 0.191 e. The molecule has 0 spiro atoms. The molecule has 0 bridgehead atoms. The van der Waals surface area contributed by atoms with Gasteiger partial charge in [-0.2, -0.15) is 0 Å². The molecule has 3 N–H and O–H groups in total. The maximum atomic E-state index is 12.9. The van der Waals surface area contributed by atoms with Crippen molar-refractivity contribution < 1.29 is 9.50 Å². The Morgan fingerprint density at radius 2 is 1.81 bits per heavy atom. The lowest BCUT2D eigenvalue weighted by Crippen LogP contribution is -2.40. The van der Waals surface area contributed by atoms with Crippen molar-refractivity contribution in [1.82, 2.24) is 10.6 Å². The lowest BCUT2D eigenvalue weighted by Gasteiger charge is -2.18. The quantitative estimate of drug-likeness (QED) is 0.175. The predicted octanol–water partition coefficient (Wildman–Crippen LogP) is 3.48. The molecule has 0 aliphatic carbocycles. The van der Waals surface area contributed by atoms with Crippen LogP contribution in [-0.2, 0) is 0 Å². The molecule has 0 saturated carbocycles. The van der Waals surface area contributed by atoms with Crippen molar-refractivity contribution in [2.75, 3.05) is 32.5 Å². The molecule has 2 rings (SSSR count). The van der Waals surface area contributed by atoms with Crippen LogP contribution in [0.25, 0.3) is 0 Å². The molecule has 2 aromatic carbocycles. The number of hydrogen-bond acceptors (Lipinski definition) is 3. The van der Waals surface area contributed by atoms with Gasteiger partial charge in [0.15, 0.2) is 5.96 Å². The highest BCUT2D eigenvalue weighted by molar-refractivity contribution is 14.0. The van der Waals surface area contributed by atoms with Gasteiger partial charge in [-0.25, -0.2) is 4.39 Å². The van der Waals surface area contributed by atoms with Gasteiger partial charge in [0.25, 0.3) is 0 Å². The monoisotopic (exact) mass is 489 g/mol. The van der Waals surface area contributed by atoms with E-state index in [-0.39, 0.29) is 42.3 Å². The second kappa shape index (κ2) is 12.9. The first kappa shape index (κ1) is 22.7. The number of aliphatic imine (C=N–C) groups is 1. The van der Waals surface area contributed by atoms with Gasteiger partial charge in [-0.05, 0) is 29.8 Å². The summed E-state index contributed by atoms with van der Waals surface area (Å²) in [5.41, 5.74) is 1.10. The Labute approximate surface area is 175 Å². The maximum Gasteiger partial charge on any atom is 0.191 e. The zero-order valence-corrected chi connectivity index (χ0v) is 17.8. The first-order valence-corrected chi connectivity index (χ1v) is 9.20. The molecule has 0 aromatic heterocycles. The number of guanidine groups is 1. The average molecular weight is 489 g/mol. The molecule has 0 radical (unpaired) electrons. The normalized spacial score (nSPS) is 12.2. The van der Waals surface area contributed by atoms with Crippen LogP contribution in [0.4, 0.5) is 4.39 Å². The number of aliphatic hydroxyl groups excluding tert-OH is 1. The third-order valence-corrected chi connectivity index (χ3v) is 4.72. The number of rotatable bonds is 8. The molecule has 142 valence electrons. The highest BCUT2D eigenvalue weighted by atomic mass is 127. The van der Waals surface area contributed by atoms with Crippen LogP contribution in [0.2, 0.25) is 0 Å². The summed E-state index contributed by atoms with van der Waals surface area (Å²) in [4.78, 5) is 5.24. The Morgan fingerprint density at radius 1 is 1.12 bits per heavy atom. The van der Waals surface area contributed by atoms with E-state index in [9.17, 15) is 9.50 Å². The molecule has 2 aromatic rings. The van der Waals surface area contributed by atoms with Gasteiger partial charge in [0, 0.05) is 36.7 Å². The summed E-state index contributed by atoms with van der Waals surface area (Å²) in [6, 6.07) is 16.4. The molecule has 0 amide bonds. The van der Waals surface area contributed by atoms with Crippen LogP contribution in [0.5, 0.6) is 0 Å². The van der Waals surface area contributed by atoms with Crippen LogP contribution >= 0.6 is 35.7 Å². The third kappa shape index (κ3) is 7.92. The van der Waals surface area contributed by atoms with Gasteiger partial charge < -0.3 is 15.7 Å². The van der Waals surface area contributed by atoms with E-state index >= 15 is 0 Å². The summed E-state index contributed by atoms with van der Waals surface area (Å²) in [6.45, 7) is 1.41. The number of benzene rings is 2. The number of halogens is 2. The topological polar surface area (TPSA) is 56.7 Å². The largest absolute Gasteiger partial charge is 0.396 e. The van der Waals surface area contributed by atoms with E-state index in [1.165, 1.54) is 12.1 Å². The van der Waals surface area contributed by atoms with Gasteiger partial charge in [0.2, 0.25) is 0 Å². The lowest BCUT2D eigenvalue weighted by atomic mass is 10.0. The molecular weight excluding hydrogens is 464 g/mol. The first-order valence-electron chi connectivity index (χ1n) is 8.21. The third-order valence-electron chi connectivity index (χ3n) is 3.71. The summed E-state index contributed by atoms with van der Waals surface area (Å²) in [6.07, 6.45) is 0. The molecule has 0 heterocycles. The fourth-order valence-corrected chi connectivity index (χ4v) is 3.09. The summed E-state index contributed by atoms with van der Waals surface area (Å²) in [7, 11) is 1.72. The van der Waals surface area contributed by atoms with Crippen molar-refractivity contribution >= 4 is 41.7 Å². The van der Waals surface area contributed by atoms with Gasteiger partial charge >= 0.3 is 0 Å². The summed E-state index contributed by atoms with van der Waals surface area (Å²) in [5.74, 6) is 1.35. The molecule has 0 aliphatic heterocycles. The predicted molar refractivity (Wildman–Crippen MR) is 118 cm³/mol. The number of nitrogens with zero attached hydrogens (tertiary/aromatic N) is 1. The van der Waals surface area contributed by atoms with Crippen molar-refractivity contribution in [1.29, 1.82) is 0 Å². The fourth-order valence-electron chi connectivity index (χ4n) is 2.32. The van der Waals surface area contributed by atoms with E-state index in [1.54, 1.807) is 30.9 Å². The van der Waals surface area contributed by atoms with Gasteiger partial charge in [-0.3, -0.25) is 4.99 Å². The molecule has 4 nitrogen and oxygen atoms in total. The van der Waals surface area contributed by atoms with Crippen LogP contribution in [0.1, 0.15) is 11.5 Å². The van der Waals surface area contributed by atoms with Gasteiger partial charge in [-0.1, -0.05) is 30.3 Å². The minimum absolute atomic E-state index is 0. The number of hydrogen-bond donors (Lipinski definition) is 3. The Kier molecular flexibility index (Phi) is 11.3. The second-order valence-electron chi connectivity index (χ2n) is 5.47. The minimum atomic E-state index is -0.219. The summed E-state index contributed by atoms with van der Waals surface area (Å²) < 4.78 is 12.9. The van der Waals surface area contributed by atoms with Gasteiger partial charge in [-0.15, -0.1) is 35.7 Å². The molecule has 7 heteroatoms. The van der Waals surface area contributed by atoms with E-state index < -0.39 is 0 Å². The van der Waals surface area contributed by atoms with Gasteiger partial charge in [0.1, 0.15) is 5.82 Å². The first-order chi connectivity index (χ1) is 12.2. The van der Waals surface area contributed by atoms with Crippen LogP contribution in [0, 0.1) is 5.82 Å². The van der Waals surface area contributed by atoms with E-state index in [1.807, 2.05) is 30.3 Å². The van der Waals surface area contributed by atoms with Crippen molar-refractivity contribution in [3.05, 3.63) is 66.0 Å². The van der Waals surface area contributed by atoms with E-state index in [4.69, 9.17) is 0 Å². The van der Waals surface area contributed by atoms with Gasteiger partial charge in [0.05, 0.1) is 6.61 Å². The maximum absolute atomic E-state index is 12.9. The zero-order valence-electron chi connectivity index (χ0n) is 14.7. The molecule has 0 fully saturated rings. The molecule has 1 unspecified atom stereocenters. The molecule has 0 saturated heterocycles. The Hall–Kier alpha value is -1.32. The molecular formula is C19H25FIN3OS. The van der Waals surface area contributed by atoms with E-state index in [0.717, 1.165) is 22.8 Å². The fraction of sp³-hybridized carbons (Fsp3) is 0.316. The SMILES string of the molecule is CN=C(NCCSc1ccc(F)cc1)NCC(CO)c1ccccc1.I. The zero-order chi connectivity index (χ0) is 17.9. The van der Waals surface area contributed by atoms with E-state index in [2.05, 4.69) is 15.6 Å². The summed E-state index contributed by atoms with van der Waals surface area (Å²) in [5, 5.41) is 16.1. The van der Waals surface area contributed by atoms with E-state index in [0.29, 0.717) is 12.5 Å². The second-order valence-corrected chi connectivity index (χ2v) is 6.64. The lowest BCUT2D eigenvalue weighted by molar-refractivity contribution is 0.265. The number of aliphatic hydroxyl groups is 1. The summed E-state index contributed by atoms with van der Waals surface area (Å²) >= 11 is 1.66. The van der Waals surface area contributed by atoms with Crippen molar-refractivity contribution in [2.45, 2.75) is 10.8 Å². The van der Waals surface area contributed by atoms with Crippen LogP contribution < -0.4 is 10.6 Å². The van der Waals surface area contributed by atoms with Crippen LogP contribution in [-0.4, -0.2) is 43.6 Å². The molecule has 26 heavy (non-hydrogen) atoms. The Bertz CT molecular complexity index is 656. The van der Waals surface area contributed by atoms with Crippen molar-refractivity contribution in [2.24, 2.45) is 4.99 Å². The standard InChI is InChI=1S/C19H24FN3OS.HI/c1-21-19(22-11-12-25-18-9-7-17(20)8-10-18)23-13-16(14-24)15-5-3-2-4-6-15;/h2-10,16,24H,11-14H2,1H3,(H2,21,22,23);1H. The molecule has 1 atom stereocenters. The average Bonchev–Trinajstić information content (AvgIpc) is 2.66. The van der Waals surface area contributed by atoms with Crippen molar-refractivity contribution in [3.8, 4) is 0 Å². The van der Waals surface area contributed by atoms with Crippen LogP contribution in [0.15, 0.2) is 64.5 Å². The minimum Gasteiger partial charge on any atom is -0.396 e. The highest BCUT2D eigenvalue weighted by Gasteiger charge is 2.10. The van der Waals surface area contributed by atoms with Crippen LogP contribution in [0.3, 0.4) is 0 Å².